The van der Waals surface area contributed by atoms with E-state index in [4.69, 9.17) is 5.73 Å². The minimum absolute atomic E-state index is 0.268. The van der Waals surface area contributed by atoms with Crippen LogP contribution in [0.1, 0.15) is 37.8 Å². The number of carbonyl (C=O) groups is 1. The van der Waals surface area contributed by atoms with Crippen LogP contribution in [0.5, 0.6) is 0 Å². The van der Waals surface area contributed by atoms with Crippen molar-refractivity contribution in [3.05, 3.63) is 18.0 Å². The first-order chi connectivity index (χ1) is 8.16. The Morgan fingerprint density at radius 1 is 1.47 bits per heavy atom. The van der Waals surface area contributed by atoms with Crippen molar-refractivity contribution < 1.29 is 4.79 Å². The number of hydrogen-bond acceptors (Lipinski definition) is 3. The summed E-state index contributed by atoms with van der Waals surface area (Å²) in [5.41, 5.74) is 6.44. The van der Waals surface area contributed by atoms with Gasteiger partial charge in [0.1, 0.15) is 5.78 Å². The van der Waals surface area contributed by atoms with Gasteiger partial charge in [-0.25, -0.2) is 0 Å². The van der Waals surface area contributed by atoms with Crippen molar-refractivity contribution in [2.24, 2.45) is 18.2 Å². The molecule has 0 bridgehead atoms. The van der Waals surface area contributed by atoms with Crippen LogP contribution in [0.25, 0.3) is 0 Å². The van der Waals surface area contributed by atoms with E-state index in [0.717, 1.165) is 31.4 Å². The Labute approximate surface area is 102 Å². The zero-order valence-corrected chi connectivity index (χ0v) is 10.5. The van der Waals surface area contributed by atoms with Crippen molar-refractivity contribution in [3.8, 4) is 0 Å². The van der Waals surface area contributed by atoms with Gasteiger partial charge in [0.2, 0.25) is 0 Å². The summed E-state index contributed by atoms with van der Waals surface area (Å²) in [6.45, 7) is 0.485. The summed E-state index contributed by atoms with van der Waals surface area (Å²) < 4.78 is 1.73. The van der Waals surface area contributed by atoms with E-state index < -0.39 is 0 Å². The molecule has 1 aromatic heterocycles. The lowest BCUT2D eigenvalue weighted by Gasteiger charge is -2.34. The number of ketones is 1. The quantitative estimate of drug-likeness (QED) is 0.859. The van der Waals surface area contributed by atoms with E-state index in [1.807, 2.05) is 19.3 Å². The predicted molar refractivity (Wildman–Crippen MR) is 66.5 cm³/mol. The van der Waals surface area contributed by atoms with E-state index in [-0.39, 0.29) is 11.2 Å². The molecule has 1 aliphatic carbocycles. The van der Waals surface area contributed by atoms with Gasteiger partial charge < -0.3 is 5.73 Å². The molecule has 4 nitrogen and oxygen atoms in total. The molecule has 0 aromatic carbocycles. The molecule has 4 heteroatoms. The van der Waals surface area contributed by atoms with Crippen molar-refractivity contribution in [1.82, 2.24) is 9.78 Å². The number of nitrogens with zero attached hydrogens (tertiary/aromatic N) is 2. The third kappa shape index (κ3) is 2.57. The highest BCUT2D eigenvalue weighted by Gasteiger charge is 2.37. The lowest BCUT2D eigenvalue weighted by Crippen LogP contribution is -2.41. The second-order valence-corrected chi connectivity index (χ2v) is 5.13. The van der Waals surface area contributed by atoms with Gasteiger partial charge in [-0.2, -0.15) is 5.10 Å². The van der Waals surface area contributed by atoms with Gasteiger partial charge in [-0.3, -0.25) is 9.48 Å². The number of aromatic nitrogens is 2. The molecule has 0 aliphatic heterocycles. The number of Topliss-reactive ketones (excluding diaryl/α,β-unsaturated/α-hetero) is 1. The average molecular weight is 235 g/mol. The van der Waals surface area contributed by atoms with E-state index in [1.165, 1.54) is 6.42 Å². The molecule has 0 unspecified atom stereocenters. The van der Waals surface area contributed by atoms with Gasteiger partial charge >= 0.3 is 0 Å². The molecule has 2 rings (SSSR count). The lowest BCUT2D eigenvalue weighted by atomic mass is 9.70. The molecule has 0 amide bonds. The Hall–Kier alpha value is -1.16. The Morgan fingerprint density at radius 3 is 2.71 bits per heavy atom. The van der Waals surface area contributed by atoms with Crippen molar-refractivity contribution in [3.63, 3.8) is 0 Å². The van der Waals surface area contributed by atoms with Gasteiger partial charge in [0.05, 0.1) is 12.1 Å². The van der Waals surface area contributed by atoms with Gasteiger partial charge in [-0.1, -0.05) is 19.3 Å². The van der Waals surface area contributed by atoms with Crippen LogP contribution in [-0.4, -0.2) is 22.1 Å². The molecule has 1 aromatic rings. The highest BCUT2D eigenvalue weighted by molar-refractivity contribution is 5.86. The molecule has 17 heavy (non-hydrogen) atoms. The van der Waals surface area contributed by atoms with Gasteiger partial charge in [-0.15, -0.1) is 0 Å². The molecule has 94 valence electrons. The number of aryl methyl sites for hydroxylation is 1. The molecule has 0 radical (unpaired) electrons. The molecule has 0 spiro atoms. The van der Waals surface area contributed by atoms with Crippen LogP contribution >= 0.6 is 0 Å². The van der Waals surface area contributed by atoms with E-state index >= 15 is 0 Å². The predicted octanol–water partition coefficient (Wildman–Crippen LogP) is 1.44. The molecular formula is C13H21N3O. The second kappa shape index (κ2) is 5.00. The maximum atomic E-state index is 12.4. The van der Waals surface area contributed by atoms with Crippen LogP contribution in [0, 0.1) is 5.41 Å². The Morgan fingerprint density at radius 2 is 2.18 bits per heavy atom. The number of rotatable bonds is 4. The maximum absolute atomic E-state index is 12.4. The second-order valence-electron chi connectivity index (χ2n) is 5.13. The first-order valence-electron chi connectivity index (χ1n) is 6.38. The topological polar surface area (TPSA) is 60.9 Å². The fourth-order valence-electron chi connectivity index (χ4n) is 2.73. The fourth-order valence-corrected chi connectivity index (χ4v) is 2.73. The summed E-state index contributed by atoms with van der Waals surface area (Å²) in [6.07, 6.45) is 7.70. The van der Waals surface area contributed by atoms with Crippen molar-refractivity contribution in [2.75, 3.05) is 6.54 Å². The third-order valence-electron chi connectivity index (χ3n) is 3.90. The van der Waals surface area contributed by atoms with Crippen LogP contribution in [0.2, 0.25) is 0 Å². The summed E-state index contributed by atoms with van der Waals surface area (Å²) in [5, 5.41) is 4.27. The van der Waals surface area contributed by atoms with Gasteiger partial charge in [0.15, 0.2) is 0 Å². The molecule has 0 atom stereocenters. The molecule has 0 saturated heterocycles. The first kappa shape index (κ1) is 12.3. The SMILES string of the molecule is Cn1ccc(CC(=O)C2(CN)CCCCC2)n1. The molecule has 2 N–H and O–H groups in total. The zero-order valence-electron chi connectivity index (χ0n) is 10.5. The van der Waals surface area contributed by atoms with E-state index in [0.29, 0.717) is 13.0 Å². The normalized spacial score (nSPS) is 19.2. The van der Waals surface area contributed by atoms with Crippen LogP contribution in [-0.2, 0) is 18.3 Å². The largest absolute Gasteiger partial charge is 0.329 e. The van der Waals surface area contributed by atoms with Crippen molar-refractivity contribution in [2.45, 2.75) is 38.5 Å². The molecule has 1 saturated carbocycles. The summed E-state index contributed by atoms with van der Waals surface area (Å²) in [4.78, 5) is 12.4. The molecule has 1 fully saturated rings. The van der Waals surface area contributed by atoms with Crippen molar-refractivity contribution in [1.29, 1.82) is 0 Å². The zero-order chi connectivity index (χ0) is 12.3. The lowest BCUT2D eigenvalue weighted by molar-refractivity contribution is -0.129. The van der Waals surface area contributed by atoms with Gasteiger partial charge in [0, 0.05) is 25.2 Å². The standard InChI is InChI=1S/C13H21N3O/c1-16-8-5-11(15-16)9-12(17)13(10-14)6-3-2-4-7-13/h5,8H,2-4,6-7,9-10,14H2,1H3. The van der Waals surface area contributed by atoms with Crippen molar-refractivity contribution >= 4 is 5.78 Å². The van der Waals surface area contributed by atoms with Crippen LogP contribution in [0.3, 0.4) is 0 Å². The Balaban J connectivity index is 2.07. The van der Waals surface area contributed by atoms with E-state index in [2.05, 4.69) is 5.10 Å². The smallest absolute Gasteiger partial charge is 0.146 e. The number of carbonyl (C=O) groups excluding carboxylic acids is 1. The average Bonchev–Trinajstić information content (AvgIpc) is 2.75. The monoisotopic (exact) mass is 235 g/mol. The summed E-state index contributed by atoms with van der Waals surface area (Å²) in [5.74, 6) is 0.276. The van der Waals surface area contributed by atoms with Crippen LogP contribution < -0.4 is 5.73 Å². The third-order valence-corrected chi connectivity index (χ3v) is 3.90. The molecule has 1 heterocycles. The Bertz CT molecular complexity index is 391. The highest BCUT2D eigenvalue weighted by Crippen LogP contribution is 2.36. The van der Waals surface area contributed by atoms with Gasteiger partial charge in [-0.05, 0) is 18.9 Å². The minimum atomic E-state index is -0.268. The summed E-state index contributed by atoms with van der Waals surface area (Å²) in [6, 6.07) is 1.91. The van der Waals surface area contributed by atoms with Gasteiger partial charge in [0.25, 0.3) is 0 Å². The Kier molecular flexibility index (Phi) is 3.62. The molecular weight excluding hydrogens is 214 g/mol. The summed E-state index contributed by atoms with van der Waals surface area (Å²) in [7, 11) is 1.87. The molecule has 1 aliphatic rings. The fraction of sp³-hybridized carbons (Fsp3) is 0.692. The first-order valence-corrected chi connectivity index (χ1v) is 6.38. The summed E-state index contributed by atoms with van der Waals surface area (Å²) >= 11 is 0. The number of nitrogens with two attached hydrogens (primary N) is 1. The van der Waals surface area contributed by atoms with E-state index in [1.54, 1.807) is 4.68 Å². The van der Waals surface area contributed by atoms with Crippen LogP contribution in [0.15, 0.2) is 12.3 Å². The highest BCUT2D eigenvalue weighted by atomic mass is 16.1. The van der Waals surface area contributed by atoms with Crippen LogP contribution in [0.4, 0.5) is 0 Å². The van der Waals surface area contributed by atoms with E-state index in [9.17, 15) is 4.79 Å². The number of hydrogen-bond donors (Lipinski definition) is 1. The maximum Gasteiger partial charge on any atom is 0.146 e. The minimum Gasteiger partial charge on any atom is -0.329 e.